The molecule has 33 heavy (non-hydrogen) atoms. The molecule has 0 N–H and O–H groups in total. The summed E-state index contributed by atoms with van der Waals surface area (Å²) < 4.78 is 17.7. The van der Waals surface area contributed by atoms with Gasteiger partial charge in [-0.05, 0) is 45.1 Å². The van der Waals surface area contributed by atoms with E-state index in [0.29, 0.717) is 13.0 Å². The predicted octanol–water partition coefficient (Wildman–Crippen LogP) is 3.78. The van der Waals surface area contributed by atoms with Crippen LogP contribution in [0.4, 0.5) is 0 Å². The average Bonchev–Trinajstić information content (AvgIpc) is 3.15. The minimum Gasteiger partial charge on any atom is -0.465 e. The van der Waals surface area contributed by atoms with E-state index in [2.05, 4.69) is 0 Å². The number of benzene rings is 1. The van der Waals surface area contributed by atoms with E-state index in [1.54, 1.807) is 18.7 Å². The van der Waals surface area contributed by atoms with E-state index in [9.17, 15) is 14.4 Å². The number of amides is 1. The van der Waals surface area contributed by atoms with Gasteiger partial charge in [0.15, 0.2) is 0 Å². The summed E-state index contributed by atoms with van der Waals surface area (Å²) in [5.74, 6) is -1.67. The Hall–Kier alpha value is -2.41. The topological polar surface area (TPSA) is 82.1 Å². The molecule has 1 atom stereocenters. The summed E-state index contributed by atoms with van der Waals surface area (Å²) in [6.45, 7) is 4.20. The van der Waals surface area contributed by atoms with Crippen LogP contribution in [0.2, 0.25) is 0 Å². The van der Waals surface area contributed by atoms with Crippen molar-refractivity contribution >= 4 is 17.8 Å². The number of carbonyl (C=O) groups excluding carboxylic acids is 3. The highest BCUT2D eigenvalue weighted by Gasteiger charge is 2.72. The highest BCUT2D eigenvalue weighted by molar-refractivity contribution is 6.06. The number of rotatable bonds is 6. The highest BCUT2D eigenvalue weighted by atomic mass is 16.6. The third-order valence-electron chi connectivity index (χ3n) is 7.62. The van der Waals surface area contributed by atoms with Gasteiger partial charge in [-0.3, -0.25) is 14.4 Å². The molecular formula is C26H35NO6. The summed E-state index contributed by atoms with van der Waals surface area (Å²) in [6.07, 6.45) is 6.09. The van der Waals surface area contributed by atoms with Crippen LogP contribution in [0.1, 0.15) is 70.8 Å². The molecule has 1 aliphatic carbocycles. The molecular weight excluding hydrogens is 422 g/mol. The van der Waals surface area contributed by atoms with E-state index in [1.165, 1.54) is 0 Å². The maximum Gasteiger partial charge on any atom is 0.327 e. The van der Waals surface area contributed by atoms with Crippen molar-refractivity contribution in [2.45, 2.75) is 83.0 Å². The van der Waals surface area contributed by atoms with Crippen molar-refractivity contribution in [3.63, 3.8) is 0 Å². The Morgan fingerprint density at radius 3 is 2.18 bits per heavy atom. The number of ether oxygens (including phenoxy) is 3. The second kappa shape index (κ2) is 9.45. The molecule has 3 aliphatic rings. The molecule has 1 unspecified atom stereocenters. The number of likely N-dealkylation sites (tertiary alicyclic amines) is 1. The second-order valence-corrected chi connectivity index (χ2v) is 9.60. The molecule has 0 aromatic heterocycles. The zero-order chi connectivity index (χ0) is 23.5. The number of esters is 2. The Morgan fingerprint density at radius 2 is 1.58 bits per heavy atom. The number of nitrogens with zero attached hydrogens (tertiary/aromatic N) is 1. The lowest BCUT2D eigenvalue weighted by molar-refractivity contribution is -0.227. The van der Waals surface area contributed by atoms with E-state index in [-0.39, 0.29) is 37.7 Å². The van der Waals surface area contributed by atoms with Crippen molar-refractivity contribution in [3.8, 4) is 0 Å². The summed E-state index contributed by atoms with van der Waals surface area (Å²) in [4.78, 5) is 42.1. The Balaban J connectivity index is 1.76. The lowest BCUT2D eigenvalue weighted by Crippen LogP contribution is -2.69. The number of carbonyl (C=O) groups is 3. The smallest absolute Gasteiger partial charge is 0.327 e. The molecule has 2 aliphatic heterocycles. The molecule has 1 aromatic rings. The fraction of sp³-hybridized carbons (Fsp3) is 0.654. The van der Waals surface area contributed by atoms with Gasteiger partial charge in [0.05, 0.1) is 31.8 Å². The third kappa shape index (κ3) is 4.16. The monoisotopic (exact) mass is 457 g/mol. The Labute approximate surface area is 195 Å². The van der Waals surface area contributed by atoms with Crippen LogP contribution in [0, 0.1) is 5.41 Å². The van der Waals surface area contributed by atoms with Gasteiger partial charge in [0.2, 0.25) is 11.3 Å². The average molecular weight is 458 g/mol. The van der Waals surface area contributed by atoms with Crippen LogP contribution >= 0.6 is 0 Å². The molecule has 1 aromatic carbocycles. The molecule has 2 saturated heterocycles. The Morgan fingerprint density at radius 1 is 0.939 bits per heavy atom. The van der Waals surface area contributed by atoms with E-state index in [1.807, 2.05) is 30.3 Å². The second-order valence-electron chi connectivity index (χ2n) is 9.60. The molecule has 2 heterocycles. The Kier molecular flexibility index (Phi) is 6.80. The van der Waals surface area contributed by atoms with Crippen LogP contribution in [-0.2, 0) is 35.1 Å². The van der Waals surface area contributed by atoms with Gasteiger partial charge in [-0.2, -0.15) is 0 Å². The molecule has 1 saturated carbocycles. The summed E-state index contributed by atoms with van der Waals surface area (Å²) in [5, 5.41) is 0. The van der Waals surface area contributed by atoms with Crippen LogP contribution in [0.15, 0.2) is 30.3 Å². The first-order chi connectivity index (χ1) is 15.9. The normalized spacial score (nSPS) is 25.9. The highest BCUT2D eigenvalue weighted by Crippen LogP contribution is 2.57. The van der Waals surface area contributed by atoms with Gasteiger partial charge in [-0.15, -0.1) is 0 Å². The van der Waals surface area contributed by atoms with Crippen LogP contribution in [-0.4, -0.2) is 53.7 Å². The number of hydrogen-bond acceptors (Lipinski definition) is 6. The van der Waals surface area contributed by atoms with Gasteiger partial charge < -0.3 is 19.1 Å². The van der Waals surface area contributed by atoms with Gasteiger partial charge in [0.25, 0.3) is 0 Å². The van der Waals surface area contributed by atoms with Crippen molar-refractivity contribution in [3.05, 3.63) is 35.9 Å². The molecule has 1 amide bonds. The summed E-state index contributed by atoms with van der Waals surface area (Å²) in [5.41, 5.74) is -2.32. The summed E-state index contributed by atoms with van der Waals surface area (Å²) in [6, 6.07) is 9.74. The first kappa shape index (κ1) is 23.7. The van der Waals surface area contributed by atoms with Crippen LogP contribution in [0.25, 0.3) is 0 Å². The molecule has 0 radical (unpaired) electrons. The third-order valence-corrected chi connectivity index (χ3v) is 7.62. The van der Waals surface area contributed by atoms with E-state index < -0.39 is 23.0 Å². The quantitative estimate of drug-likeness (QED) is 0.478. The van der Waals surface area contributed by atoms with Crippen molar-refractivity contribution in [2.24, 2.45) is 5.41 Å². The van der Waals surface area contributed by atoms with Crippen molar-refractivity contribution in [1.29, 1.82) is 0 Å². The summed E-state index contributed by atoms with van der Waals surface area (Å²) >= 11 is 0. The lowest BCUT2D eigenvalue weighted by Gasteiger charge is -2.51. The van der Waals surface area contributed by atoms with Gasteiger partial charge in [-0.1, -0.05) is 49.6 Å². The lowest BCUT2D eigenvalue weighted by atomic mass is 9.64. The Bertz CT molecular complexity index is 860. The minimum absolute atomic E-state index is 0.114. The van der Waals surface area contributed by atoms with Crippen molar-refractivity contribution in [2.75, 3.05) is 19.8 Å². The van der Waals surface area contributed by atoms with Gasteiger partial charge in [-0.25, -0.2) is 0 Å². The standard InChI is InChI=1S/C26H35NO6/c1-3-31-22(29)26(23(30)32-4-2)17-21(28)27(18-20-11-7-5-8-12-20)19-25(26)16-15-24(33-25)13-9-6-10-14-24/h5,7-8,11-12H,3-4,6,9-10,13-19H2,1-2H3. The maximum atomic E-state index is 13.5. The zero-order valence-electron chi connectivity index (χ0n) is 19.8. The van der Waals surface area contributed by atoms with Gasteiger partial charge in [0, 0.05) is 6.54 Å². The van der Waals surface area contributed by atoms with Crippen molar-refractivity contribution in [1.82, 2.24) is 4.90 Å². The predicted molar refractivity (Wildman–Crippen MR) is 121 cm³/mol. The molecule has 180 valence electrons. The molecule has 4 rings (SSSR count). The van der Waals surface area contributed by atoms with E-state index in [4.69, 9.17) is 14.2 Å². The number of piperidine rings is 1. The molecule has 2 spiro atoms. The van der Waals surface area contributed by atoms with Crippen LogP contribution < -0.4 is 0 Å². The summed E-state index contributed by atoms with van der Waals surface area (Å²) in [7, 11) is 0. The van der Waals surface area contributed by atoms with Crippen LogP contribution in [0.5, 0.6) is 0 Å². The molecule has 7 nitrogen and oxygen atoms in total. The van der Waals surface area contributed by atoms with E-state index >= 15 is 0 Å². The molecule has 0 bridgehead atoms. The zero-order valence-corrected chi connectivity index (χ0v) is 19.8. The largest absolute Gasteiger partial charge is 0.465 e. The minimum atomic E-state index is -1.79. The molecule has 3 fully saturated rings. The molecule has 7 heteroatoms. The van der Waals surface area contributed by atoms with Gasteiger partial charge in [0.1, 0.15) is 5.60 Å². The van der Waals surface area contributed by atoms with E-state index in [0.717, 1.165) is 44.1 Å². The van der Waals surface area contributed by atoms with Crippen LogP contribution in [0.3, 0.4) is 0 Å². The number of hydrogen-bond donors (Lipinski definition) is 0. The fourth-order valence-electron chi connectivity index (χ4n) is 5.99. The maximum absolute atomic E-state index is 13.5. The SMILES string of the molecule is CCOC(=O)C1(C(=O)OCC)CC(=O)N(Cc2ccccc2)CC12CCC1(CCCCC1)O2. The first-order valence-electron chi connectivity index (χ1n) is 12.3. The fourth-order valence-corrected chi connectivity index (χ4v) is 5.99. The van der Waals surface area contributed by atoms with Crippen molar-refractivity contribution < 1.29 is 28.6 Å². The first-order valence-corrected chi connectivity index (χ1v) is 12.3. The van der Waals surface area contributed by atoms with Gasteiger partial charge >= 0.3 is 11.9 Å².